The number of carbonyl (C=O) groups is 1. The van der Waals surface area contributed by atoms with Crippen LogP contribution in [0.25, 0.3) is 0 Å². The molecule has 1 aromatic carbocycles. The third kappa shape index (κ3) is 4.93. The molecule has 27 heavy (non-hydrogen) atoms. The number of anilines is 1. The van der Waals surface area contributed by atoms with Crippen molar-refractivity contribution in [3.05, 3.63) is 41.7 Å². The Balaban J connectivity index is 1.65. The van der Waals surface area contributed by atoms with Gasteiger partial charge in [-0.2, -0.15) is 10.1 Å². The molecular formula is C20H29N5O2. The number of carbonyl (C=O) groups excluding carboxylic acids is 1. The van der Waals surface area contributed by atoms with E-state index in [4.69, 9.17) is 4.74 Å². The van der Waals surface area contributed by atoms with Crippen LogP contribution in [-0.2, 0) is 17.8 Å². The first kappa shape index (κ1) is 19.5. The predicted octanol–water partition coefficient (Wildman–Crippen LogP) is 2.94. The lowest BCUT2D eigenvalue weighted by Crippen LogP contribution is -2.44. The van der Waals surface area contributed by atoms with E-state index in [1.807, 2.05) is 25.1 Å². The van der Waals surface area contributed by atoms with Gasteiger partial charge in [-0.25, -0.2) is 4.68 Å². The summed E-state index contributed by atoms with van der Waals surface area (Å²) < 4.78 is 7.48. The van der Waals surface area contributed by atoms with Crippen LogP contribution in [0.4, 0.5) is 5.95 Å². The summed E-state index contributed by atoms with van der Waals surface area (Å²) >= 11 is 0. The van der Waals surface area contributed by atoms with Crippen molar-refractivity contribution >= 4 is 11.9 Å². The summed E-state index contributed by atoms with van der Waals surface area (Å²) in [5.41, 5.74) is 1.67. The third-order valence-corrected chi connectivity index (χ3v) is 5.06. The third-order valence-electron chi connectivity index (χ3n) is 5.06. The van der Waals surface area contributed by atoms with Crippen LogP contribution < -0.4 is 5.32 Å². The highest BCUT2D eigenvalue weighted by atomic mass is 16.5. The SMILES string of the molecule is CCn1ncnc1NC(=O)c1cccc(CN(C)C2CCOC(C)(C)C2)c1. The summed E-state index contributed by atoms with van der Waals surface area (Å²) in [7, 11) is 2.14. The number of ether oxygens (including phenoxy) is 1. The summed E-state index contributed by atoms with van der Waals surface area (Å²) in [6.07, 6.45) is 3.49. The van der Waals surface area contributed by atoms with E-state index >= 15 is 0 Å². The van der Waals surface area contributed by atoms with Crippen LogP contribution in [0.2, 0.25) is 0 Å². The summed E-state index contributed by atoms with van der Waals surface area (Å²) in [6, 6.07) is 8.24. The molecule has 0 aliphatic carbocycles. The van der Waals surface area contributed by atoms with Gasteiger partial charge in [-0.15, -0.1) is 0 Å². The Labute approximate surface area is 160 Å². The van der Waals surface area contributed by atoms with Crippen molar-refractivity contribution in [2.24, 2.45) is 0 Å². The first-order chi connectivity index (χ1) is 12.9. The molecule has 1 unspecified atom stereocenters. The monoisotopic (exact) mass is 371 g/mol. The van der Waals surface area contributed by atoms with Gasteiger partial charge in [-0.3, -0.25) is 15.0 Å². The summed E-state index contributed by atoms with van der Waals surface area (Å²) in [4.78, 5) is 19.0. The molecule has 2 aromatic rings. The second kappa shape index (κ2) is 8.19. The van der Waals surface area contributed by atoms with Gasteiger partial charge in [-0.1, -0.05) is 12.1 Å². The Morgan fingerprint density at radius 1 is 1.44 bits per heavy atom. The standard InChI is InChI=1S/C20H29N5O2/c1-5-25-19(21-14-22-25)23-18(26)16-8-6-7-15(11-16)13-24(4)17-9-10-27-20(2,3)12-17/h6-8,11,14,17H,5,9-10,12-13H2,1-4H3,(H,21,22,23,26). The van der Waals surface area contributed by atoms with Gasteiger partial charge in [0.2, 0.25) is 5.95 Å². The number of aryl methyl sites for hydroxylation is 1. The number of nitrogens with one attached hydrogen (secondary N) is 1. The molecule has 1 amide bonds. The van der Waals surface area contributed by atoms with Crippen molar-refractivity contribution in [1.29, 1.82) is 0 Å². The Morgan fingerprint density at radius 3 is 3.00 bits per heavy atom. The zero-order valence-electron chi connectivity index (χ0n) is 16.6. The fourth-order valence-electron chi connectivity index (χ4n) is 3.57. The number of aromatic nitrogens is 3. The maximum Gasteiger partial charge on any atom is 0.258 e. The zero-order valence-corrected chi connectivity index (χ0v) is 16.6. The van der Waals surface area contributed by atoms with E-state index in [1.165, 1.54) is 6.33 Å². The first-order valence-corrected chi connectivity index (χ1v) is 9.50. The molecule has 7 heteroatoms. The van der Waals surface area contributed by atoms with Crippen LogP contribution in [0.3, 0.4) is 0 Å². The minimum Gasteiger partial charge on any atom is -0.375 e. The lowest BCUT2D eigenvalue weighted by Gasteiger charge is -2.39. The van der Waals surface area contributed by atoms with Crippen LogP contribution in [0.15, 0.2) is 30.6 Å². The van der Waals surface area contributed by atoms with E-state index in [0.717, 1.165) is 31.6 Å². The molecule has 0 saturated carbocycles. The van der Waals surface area contributed by atoms with Gasteiger partial charge >= 0.3 is 0 Å². The number of hydrogen-bond acceptors (Lipinski definition) is 5. The molecule has 0 bridgehead atoms. The van der Waals surface area contributed by atoms with Crippen molar-refractivity contribution in [3.63, 3.8) is 0 Å². The molecule has 1 N–H and O–H groups in total. The largest absolute Gasteiger partial charge is 0.375 e. The number of hydrogen-bond donors (Lipinski definition) is 1. The highest BCUT2D eigenvalue weighted by Crippen LogP contribution is 2.27. The molecule has 1 atom stereocenters. The zero-order chi connectivity index (χ0) is 19.4. The van der Waals surface area contributed by atoms with Crippen LogP contribution >= 0.6 is 0 Å². The van der Waals surface area contributed by atoms with Gasteiger partial charge in [0.15, 0.2) is 0 Å². The Bertz CT molecular complexity index is 786. The Kier molecular flexibility index (Phi) is 5.92. The lowest BCUT2D eigenvalue weighted by atomic mass is 9.93. The number of benzene rings is 1. The lowest BCUT2D eigenvalue weighted by molar-refractivity contribution is -0.0809. The minimum absolute atomic E-state index is 0.0753. The van der Waals surface area contributed by atoms with Gasteiger partial charge < -0.3 is 4.74 Å². The van der Waals surface area contributed by atoms with E-state index in [1.54, 1.807) is 4.68 Å². The molecule has 1 saturated heterocycles. The summed E-state index contributed by atoms with van der Waals surface area (Å²) in [6.45, 7) is 8.50. The van der Waals surface area contributed by atoms with Crippen molar-refractivity contribution < 1.29 is 9.53 Å². The maximum atomic E-state index is 12.6. The van der Waals surface area contributed by atoms with Crippen LogP contribution in [0.1, 0.15) is 49.5 Å². The molecule has 1 fully saturated rings. The highest BCUT2D eigenvalue weighted by Gasteiger charge is 2.30. The summed E-state index contributed by atoms with van der Waals surface area (Å²) in [5.74, 6) is 0.295. The molecule has 0 radical (unpaired) electrons. The van der Waals surface area contributed by atoms with E-state index < -0.39 is 0 Å². The fourth-order valence-corrected chi connectivity index (χ4v) is 3.57. The highest BCUT2D eigenvalue weighted by molar-refractivity contribution is 6.03. The predicted molar refractivity (Wildman–Crippen MR) is 105 cm³/mol. The molecule has 1 aromatic heterocycles. The van der Waals surface area contributed by atoms with Crippen LogP contribution in [0, 0.1) is 0 Å². The first-order valence-electron chi connectivity index (χ1n) is 9.50. The molecule has 1 aliphatic rings. The van der Waals surface area contributed by atoms with Crippen molar-refractivity contribution in [1.82, 2.24) is 19.7 Å². The molecule has 2 heterocycles. The molecule has 7 nitrogen and oxygen atoms in total. The number of amides is 1. The van der Waals surface area contributed by atoms with E-state index in [-0.39, 0.29) is 11.5 Å². The van der Waals surface area contributed by atoms with Gasteiger partial charge in [0.25, 0.3) is 5.91 Å². The quantitative estimate of drug-likeness (QED) is 0.845. The Morgan fingerprint density at radius 2 is 2.26 bits per heavy atom. The Hall–Kier alpha value is -2.25. The van der Waals surface area contributed by atoms with E-state index in [9.17, 15) is 4.79 Å². The fraction of sp³-hybridized carbons (Fsp3) is 0.550. The van der Waals surface area contributed by atoms with E-state index in [0.29, 0.717) is 24.1 Å². The van der Waals surface area contributed by atoms with Crippen molar-refractivity contribution in [2.75, 3.05) is 19.0 Å². The second-order valence-corrected chi connectivity index (χ2v) is 7.72. The van der Waals surface area contributed by atoms with E-state index in [2.05, 4.69) is 47.3 Å². The van der Waals surface area contributed by atoms with Gasteiger partial charge in [-0.05, 0) is 58.4 Å². The van der Waals surface area contributed by atoms with Gasteiger partial charge in [0.1, 0.15) is 6.33 Å². The normalized spacial score (nSPS) is 19.2. The van der Waals surface area contributed by atoms with Crippen molar-refractivity contribution in [3.8, 4) is 0 Å². The minimum atomic E-state index is -0.172. The molecule has 1 aliphatic heterocycles. The maximum absolute atomic E-state index is 12.6. The molecule has 0 spiro atoms. The average Bonchev–Trinajstić information content (AvgIpc) is 3.08. The smallest absolute Gasteiger partial charge is 0.258 e. The second-order valence-electron chi connectivity index (χ2n) is 7.72. The molecule has 146 valence electrons. The molecule has 3 rings (SSSR count). The summed E-state index contributed by atoms with van der Waals surface area (Å²) in [5, 5.41) is 6.91. The topological polar surface area (TPSA) is 72.3 Å². The van der Waals surface area contributed by atoms with Crippen LogP contribution in [0.5, 0.6) is 0 Å². The molecular weight excluding hydrogens is 342 g/mol. The average molecular weight is 371 g/mol. The van der Waals surface area contributed by atoms with Gasteiger partial charge in [0.05, 0.1) is 5.60 Å². The van der Waals surface area contributed by atoms with Crippen molar-refractivity contribution in [2.45, 2.75) is 58.3 Å². The van der Waals surface area contributed by atoms with Crippen LogP contribution in [-0.4, -0.2) is 50.9 Å². The van der Waals surface area contributed by atoms with Gasteiger partial charge in [0, 0.05) is 31.3 Å². The number of rotatable bonds is 6. The number of nitrogens with zero attached hydrogens (tertiary/aromatic N) is 4.